The first-order valence-electron chi connectivity index (χ1n) is 6.26. The summed E-state index contributed by atoms with van der Waals surface area (Å²) >= 11 is 0. The maximum atomic E-state index is 12.0. The number of hydrogen-bond acceptors (Lipinski definition) is 1. The summed E-state index contributed by atoms with van der Waals surface area (Å²) in [5.41, 5.74) is 0. The number of piperidine rings is 1. The van der Waals surface area contributed by atoms with Crippen molar-refractivity contribution < 1.29 is 4.79 Å². The van der Waals surface area contributed by atoms with Crippen molar-refractivity contribution >= 4 is 6.03 Å². The lowest BCUT2D eigenvalue weighted by molar-refractivity contribution is 0.146. The number of rotatable bonds is 3. The fourth-order valence-electron chi connectivity index (χ4n) is 2.09. The molecule has 0 aromatic heterocycles. The molecule has 2 amide bonds. The molecule has 1 rings (SSSR count). The van der Waals surface area contributed by atoms with Gasteiger partial charge in [-0.1, -0.05) is 13.8 Å². The fourth-order valence-corrected chi connectivity index (χ4v) is 2.09. The number of likely N-dealkylation sites (tertiary alicyclic amines) is 1. The Labute approximate surface area is 93.2 Å². The molecule has 0 radical (unpaired) electrons. The van der Waals surface area contributed by atoms with Crippen LogP contribution < -0.4 is 5.32 Å². The Bertz CT molecular complexity index is 206. The third-order valence-electron chi connectivity index (χ3n) is 3.34. The van der Waals surface area contributed by atoms with E-state index in [0.29, 0.717) is 6.04 Å². The molecule has 2 atom stereocenters. The largest absolute Gasteiger partial charge is 0.336 e. The first-order valence-corrected chi connectivity index (χ1v) is 6.26. The molecular formula is C12H24N2O. The minimum atomic E-state index is 0.135. The summed E-state index contributed by atoms with van der Waals surface area (Å²) in [7, 11) is 0. The Morgan fingerprint density at radius 3 is 2.80 bits per heavy atom. The van der Waals surface area contributed by atoms with E-state index in [2.05, 4.69) is 26.1 Å². The van der Waals surface area contributed by atoms with Crippen molar-refractivity contribution in [3.8, 4) is 0 Å². The molecule has 1 saturated heterocycles. The van der Waals surface area contributed by atoms with Gasteiger partial charge >= 0.3 is 6.03 Å². The molecular weight excluding hydrogens is 188 g/mol. The summed E-state index contributed by atoms with van der Waals surface area (Å²) in [6.07, 6.45) is 5.67. The summed E-state index contributed by atoms with van der Waals surface area (Å²) in [6, 6.07) is 0.885. The number of amides is 2. The summed E-state index contributed by atoms with van der Waals surface area (Å²) in [5, 5.41) is 3.05. The Hall–Kier alpha value is -0.730. The van der Waals surface area contributed by atoms with Gasteiger partial charge in [0.1, 0.15) is 0 Å². The van der Waals surface area contributed by atoms with Crippen molar-refractivity contribution in [3.05, 3.63) is 0 Å². The fraction of sp³-hybridized carbons (Fsp3) is 0.917. The predicted molar refractivity (Wildman–Crippen MR) is 62.9 cm³/mol. The number of carbonyl (C=O) groups is 1. The SMILES string of the molecule is CCC(C)NC(=O)N1CCCCC1CC. The minimum absolute atomic E-state index is 0.135. The van der Waals surface area contributed by atoms with Crippen LogP contribution in [0, 0.1) is 0 Å². The lowest BCUT2D eigenvalue weighted by Gasteiger charge is -2.35. The van der Waals surface area contributed by atoms with Crippen molar-refractivity contribution in [2.24, 2.45) is 0 Å². The molecule has 2 unspecified atom stereocenters. The van der Waals surface area contributed by atoms with Crippen molar-refractivity contribution in [1.29, 1.82) is 0 Å². The average Bonchev–Trinajstić information content (AvgIpc) is 2.28. The van der Waals surface area contributed by atoms with Crippen molar-refractivity contribution in [1.82, 2.24) is 10.2 Å². The lowest BCUT2D eigenvalue weighted by atomic mass is 10.0. The van der Waals surface area contributed by atoms with Crippen LogP contribution in [-0.2, 0) is 0 Å². The van der Waals surface area contributed by atoms with Gasteiger partial charge in [-0.3, -0.25) is 0 Å². The van der Waals surface area contributed by atoms with E-state index in [0.717, 1.165) is 25.8 Å². The molecule has 0 saturated carbocycles. The number of hydrogen-bond donors (Lipinski definition) is 1. The van der Waals surface area contributed by atoms with Gasteiger partial charge in [0.15, 0.2) is 0 Å². The standard InChI is InChI=1S/C12H24N2O/c1-4-10(3)13-12(15)14-9-7-6-8-11(14)5-2/h10-11H,4-9H2,1-3H3,(H,13,15). The Kier molecular flexibility index (Phi) is 4.92. The molecule has 1 aliphatic heterocycles. The number of nitrogens with zero attached hydrogens (tertiary/aromatic N) is 1. The first-order chi connectivity index (χ1) is 7.19. The monoisotopic (exact) mass is 212 g/mol. The molecule has 3 heteroatoms. The summed E-state index contributed by atoms with van der Waals surface area (Å²) in [5.74, 6) is 0. The van der Waals surface area contributed by atoms with E-state index in [1.807, 2.05) is 4.90 Å². The molecule has 1 heterocycles. The molecule has 0 aromatic rings. The van der Waals surface area contributed by atoms with Crippen LogP contribution in [0.3, 0.4) is 0 Å². The molecule has 0 aromatic carbocycles. The highest BCUT2D eigenvalue weighted by Crippen LogP contribution is 2.19. The van der Waals surface area contributed by atoms with Crippen LogP contribution in [0.5, 0.6) is 0 Å². The van der Waals surface area contributed by atoms with Gasteiger partial charge in [-0.05, 0) is 39.0 Å². The zero-order valence-corrected chi connectivity index (χ0v) is 10.3. The van der Waals surface area contributed by atoms with Crippen LogP contribution in [0.15, 0.2) is 0 Å². The van der Waals surface area contributed by atoms with Crippen molar-refractivity contribution in [3.63, 3.8) is 0 Å². The van der Waals surface area contributed by atoms with E-state index < -0.39 is 0 Å². The molecule has 88 valence electrons. The van der Waals surface area contributed by atoms with E-state index in [1.54, 1.807) is 0 Å². The zero-order valence-electron chi connectivity index (χ0n) is 10.3. The second-order valence-corrected chi connectivity index (χ2v) is 4.51. The second-order valence-electron chi connectivity index (χ2n) is 4.51. The van der Waals surface area contributed by atoms with E-state index in [4.69, 9.17) is 0 Å². The summed E-state index contributed by atoms with van der Waals surface area (Å²) in [4.78, 5) is 14.0. The molecule has 15 heavy (non-hydrogen) atoms. The highest BCUT2D eigenvalue weighted by molar-refractivity contribution is 5.74. The molecule has 1 N–H and O–H groups in total. The van der Waals surface area contributed by atoms with E-state index in [-0.39, 0.29) is 12.1 Å². The Morgan fingerprint density at radius 2 is 2.20 bits per heavy atom. The molecule has 1 fully saturated rings. The summed E-state index contributed by atoms with van der Waals surface area (Å²) in [6.45, 7) is 7.25. The third-order valence-corrected chi connectivity index (χ3v) is 3.34. The molecule has 1 aliphatic rings. The zero-order chi connectivity index (χ0) is 11.3. The quantitative estimate of drug-likeness (QED) is 0.766. The van der Waals surface area contributed by atoms with Gasteiger partial charge in [-0.15, -0.1) is 0 Å². The van der Waals surface area contributed by atoms with Gasteiger partial charge in [-0.25, -0.2) is 4.79 Å². The summed E-state index contributed by atoms with van der Waals surface area (Å²) < 4.78 is 0. The first kappa shape index (κ1) is 12.3. The highest BCUT2D eigenvalue weighted by atomic mass is 16.2. The molecule has 0 bridgehead atoms. The van der Waals surface area contributed by atoms with Gasteiger partial charge in [0.25, 0.3) is 0 Å². The lowest BCUT2D eigenvalue weighted by Crippen LogP contribution is -2.50. The highest BCUT2D eigenvalue weighted by Gasteiger charge is 2.25. The minimum Gasteiger partial charge on any atom is -0.336 e. The average molecular weight is 212 g/mol. The van der Waals surface area contributed by atoms with Gasteiger partial charge < -0.3 is 10.2 Å². The van der Waals surface area contributed by atoms with Crippen LogP contribution in [0.2, 0.25) is 0 Å². The Balaban J connectivity index is 2.48. The number of urea groups is 1. The van der Waals surface area contributed by atoms with Crippen LogP contribution in [0.25, 0.3) is 0 Å². The van der Waals surface area contributed by atoms with E-state index >= 15 is 0 Å². The predicted octanol–water partition coefficient (Wildman–Crippen LogP) is 2.76. The number of nitrogens with one attached hydrogen (secondary N) is 1. The second kappa shape index (κ2) is 5.99. The molecule has 0 aliphatic carbocycles. The van der Waals surface area contributed by atoms with Crippen molar-refractivity contribution in [2.75, 3.05) is 6.54 Å². The maximum absolute atomic E-state index is 12.0. The molecule has 3 nitrogen and oxygen atoms in total. The Morgan fingerprint density at radius 1 is 1.47 bits per heavy atom. The third kappa shape index (κ3) is 3.40. The van der Waals surface area contributed by atoms with Gasteiger partial charge in [-0.2, -0.15) is 0 Å². The van der Waals surface area contributed by atoms with Gasteiger partial charge in [0.05, 0.1) is 0 Å². The van der Waals surface area contributed by atoms with E-state index in [1.165, 1.54) is 12.8 Å². The van der Waals surface area contributed by atoms with E-state index in [9.17, 15) is 4.79 Å². The smallest absolute Gasteiger partial charge is 0.317 e. The van der Waals surface area contributed by atoms with Crippen molar-refractivity contribution in [2.45, 2.75) is 65.0 Å². The number of carbonyl (C=O) groups excluding carboxylic acids is 1. The van der Waals surface area contributed by atoms with Crippen LogP contribution in [-0.4, -0.2) is 29.6 Å². The van der Waals surface area contributed by atoms with Crippen LogP contribution in [0.1, 0.15) is 52.9 Å². The van der Waals surface area contributed by atoms with Crippen LogP contribution in [0.4, 0.5) is 4.79 Å². The maximum Gasteiger partial charge on any atom is 0.317 e. The van der Waals surface area contributed by atoms with Gasteiger partial charge in [0, 0.05) is 18.6 Å². The normalized spacial score (nSPS) is 23.7. The molecule has 0 spiro atoms. The topological polar surface area (TPSA) is 32.3 Å². The van der Waals surface area contributed by atoms with Crippen LogP contribution >= 0.6 is 0 Å². The van der Waals surface area contributed by atoms with Gasteiger partial charge in [0.2, 0.25) is 0 Å².